The van der Waals surface area contributed by atoms with Gasteiger partial charge in [-0.25, -0.2) is 0 Å². The zero-order valence-electron chi connectivity index (χ0n) is 9.43. The van der Waals surface area contributed by atoms with Crippen molar-refractivity contribution in [3.63, 3.8) is 0 Å². The highest BCUT2D eigenvalue weighted by Crippen LogP contribution is 2.07. The monoisotopic (exact) mass is 249 g/mol. The quantitative estimate of drug-likeness (QED) is 0.703. The molecule has 2 N–H and O–H groups in total. The zero-order valence-corrected chi connectivity index (χ0v) is 10.2. The lowest BCUT2D eigenvalue weighted by Gasteiger charge is -2.28. The molecule has 0 aromatic carbocycles. The molecule has 0 saturated carbocycles. The fourth-order valence-corrected chi connectivity index (χ4v) is 2.11. The van der Waals surface area contributed by atoms with Crippen molar-refractivity contribution >= 4 is 18.3 Å². The minimum absolute atomic E-state index is 0. The second-order valence-corrected chi connectivity index (χ2v) is 4.28. The van der Waals surface area contributed by atoms with E-state index in [1.54, 1.807) is 0 Å². The van der Waals surface area contributed by atoms with Crippen molar-refractivity contribution < 1.29 is 9.53 Å². The predicted octanol–water partition coefficient (Wildman–Crippen LogP) is -0.700. The Bertz CT molecular complexity index is 234. The van der Waals surface area contributed by atoms with Crippen molar-refractivity contribution in [2.75, 3.05) is 45.9 Å². The number of hydrogen-bond donors (Lipinski definition) is 1. The summed E-state index contributed by atoms with van der Waals surface area (Å²) in [5, 5.41) is 0. The van der Waals surface area contributed by atoms with Crippen LogP contribution >= 0.6 is 12.4 Å². The number of hydrogen-bond acceptors (Lipinski definition) is 4. The standard InChI is InChI=1S/C10H19N3O2.ClH/c11-9-1-2-12(7-9)8-10(14)13-3-5-15-6-4-13;/h9H,1-8,11H2;1H. The maximum Gasteiger partial charge on any atom is 0.236 e. The molecular formula is C10H20ClN3O2. The van der Waals surface area contributed by atoms with Gasteiger partial charge in [-0.3, -0.25) is 9.69 Å². The number of nitrogens with two attached hydrogens (primary N) is 1. The van der Waals surface area contributed by atoms with Crippen LogP contribution in [-0.4, -0.2) is 67.7 Å². The van der Waals surface area contributed by atoms with Crippen molar-refractivity contribution in [1.29, 1.82) is 0 Å². The summed E-state index contributed by atoms with van der Waals surface area (Å²) < 4.78 is 5.21. The van der Waals surface area contributed by atoms with Crippen LogP contribution in [-0.2, 0) is 9.53 Å². The van der Waals surface area contributed by atoms with Gasteiger partial charge in [-0.05, 0) is 6.42 Å². The number of likely N-dealkylation sites (tertiary alicyclic amines) is 1. The van der Waals surface area contributed by atoms with Crippen molar-refractivity contribution in [2.24, 2.45) is 5.73 Å². The molecule has 2 rings (SSSR count). The normalized spacial score (nSPS) is 26.6. The summed E-state index contributed by atoms with van der Waals surface area (Å²) in [6, 6.07) is 0.252. The lowest BCUT2D eigenvalue weighted by atomic mass is 10.3. The van der Waals surface area contributed by atoms with E-state index < -0.39 is 0 Å². The molecule has 2 aliphatic rings. The van der Waals surface area contributed by atoms with Crippen LogP contribution in [0.4, 0.5) is 0 Å². The predicted molar refractivity (Wildman–Crippen MR) is 63.7 cm³/mol. The molecule has 0 bridgehead atoms. The number of halogens is 1. The van der Waals surface area contributed by atoms with E-state index in [9.17, 15) is 4.79 Å². The Morgan fingerprint density at radius 2 is 2.00 bits per heavy atom. The number of carbonyl (C=O) groups is 1. The number of ether oxygens (including phenoxy) is 1. The number of amides is 1. The van der Waals surface area contributed by atoms with Crippen LogP contribution in [0.15, 0.2) is 0 Å². The van der Waals surface area contributed by atoms with Crippen molar-refractivity contribution in [2.45, 2.75) is 12.5 Å². The average Bonchev–Trinajstić information content (AvgIpc) is 2.65. The van der Waals surface area contributed by atoms with Gasteiger partial charge in [-0.1, -0.05) is 0 Å². The fraction of sp³-hybridized carbons (Fsp3) is 0.900. The summed E-state index contributed by atoms with van der Waals surface area (Å²) >= 11 is 0. The molecule has 1 unspecified atom stereocenters. The van der Waals surface area contributed by atoms with Gasteiger partial charge in [0, 0.05) is 32.2 Å². The van der Waals surface area contributed by atoms with E-state index >= 15 is 0 Å². The van der Waals surface area contributed by atoms with E-state index in [2.05, 4.69) is 4.90 Å². The Balaban J connectivity index is 0.00000128. The molecule has 2 fully saturated rings. The number of rotatable bonds is 2. The van der Waals surface area contributed by atoms with Gasteiger partial charge in [0.25, 0.3) is 0 Å². The summed E-state index contributed by atoms with van der Waals surface area (Å²) in [7, 11) is 0. The summed E-state index contributed by atoms with van der Waals surface area (Å²) in [6.45, 7) is 5.15. The van der Waals surface area contributed by atoms with Gasteiger partial charge in [0.2, 0.25) is 5.91 Å². The Labute approximate surface area is 102 Å². The van der Waals surface area contributed by atoms with Crippen molar-refractivity contribution in [1.82, 2.24) is 9.80 Å². The van der Waals surface area contributed by atoms with E-state index in [1.165, 1.54) is 0 Å². The summed E-state index contributed by atoms with van der Waals surface area (Å²) in [6.07, 6.45) is 1.01. The third kappa shape index (κ3) is 3.59. The summed E-state index contributed by atoms with van der Waals surface area (Å²) in [5.74, 6) is 0.215. The first-order valence-corrected chi connectivity index (χ1v) is 5.59. The van der Waals surface area contributed by atoms with Crippen LogP contribution in [0, 0.1) is 0 Å². The molecular weight excluding hydrogens is 230 g/mol. The molecule has 2 heterocycles. The van der Waals surface area contributed by atoms with Crippen LogP contribution < -0.4 is 5.73 Å². The molecule has 16 heavy (non-hydrogen) atoms. The van der Waals surface area contributed by atoms with Crippen LogP contribution in [0.25, 0.3) is 0 Å². The Hall–Kier alpha value is -0.360. The minimum atomic E-state index is 0. The van der Waals surface area contributed by atoms with Gasteiger partial charge < -0.3 is 15.4 Å². The maximum absolute atomic E-state index is 11.8. The topological polar surface area (TPSA) is 58.8 Å². The van der Waals surface area contributed by atoms with E-state index in [-0.39, 0.29) is 24.4 Å². The first kappa shape index (κ1) is 13.7. The lowest BCUT2D eigenvalue weighted by molar-refractivity contribution is -0.136. The first-order chi connectivity index (χ1) is 7.25. The summed E-state index contributed by atoms with van der Waals surface area (Å²) in [4.78, 5) is 15.9. The van der Waals surface area contributed by atoms with E-state index in [0.717, 1.165) is 32.6 Å². The third-order valence-electron chi connectivity index (χ3n) is 3.03. The third-order valence-corrected chi connectivity index (χ3v) is 3.03. The van der Waals surface area contributed by atoms with Crippen LogP contribution in [0.5, 0.6) is 0 Å². The first-order valence-electron chi connectivity index (χ1n) is 5.59. The lowest BCUT2D eigenvalue weighted by Crippen LogP contribution is -2.45. The fourth-order valence-electron chi connectivity index (χ4n) is 2.11. The SMILES string of the molecule is Cl.NC1CCN(CC(=O)N2CCOCC2)C1. The van der Waals surface area contributed by atoms with Crippen LogP contribution in [0.2, 0.25) is 0 Å². The Kier molecular flexibility index (Phi) is 5.48. The molecule has 0 aliphatic carbocycles. The molecule has 2 aliphatic heterocycles. The molecule has 0 aromatic heterocycles. The highest BCUT2D eigenvalue weighted by atomic mass is 35.5. The van der Waals surface area contributed by atoms with Gasteiger partial charge in [0.05, 0.1) is 19.8 Å². The van der Waals surface area contributed by atoms with Gasteiger partial charge in [0.1, 0.15) is 0 Å². The van der Waals surface area contributed by atoms with Gasteiger partial charge >= 0.3 is 0 Å². The molecule has 0 spiro atoms. The van der Waals surface area contributed by atoms with E-state index in [1.807, 2.05) is 4.90 Å². The van der Waals surface area contributed by atoms with Gasteiger partial charge in [-0.2, -0.15) is 0 Å². The molecule has 0 aromatic rings. The van der Waals surface area contributed by atoms with E-state index in [0.29, 0.717) is 19.8 Å². The van der Waals surface area contributed by atoms with Gasteiger partial charge in [-0.15, -0.1) is 12.4 Å². The smallest absolute Gasteiger partial charge is 0.236 e. The Morgan fingerprint density at radius 1 is 1.31 bits per heavy atom. The molecule has 5 nitrogen and oxygen atoms in total. The van der Waals surface area contributed by atoms with Crippen LogP contribution in [0.3, 0.4) is 0 Å². The summed E-state index contributed by atoms with van der Waals surface area (Å²) in [5.41, 5.74) is 5.79. The minimum Gasteiger partial charge on any atom is -0.378 e. The van der Waals surface area contributed by atoms with E-state index in [4.69, 9.17) is 10.5 Å². The highest BCUT2D eigenvalue weighted by molar-refractivity contribution is 5.85. The van der Waals surface area contributed by atoms with Crippen molar-refractivity contribution in [3.8, 4) is 0 Å². The molecule has 6 heteroatoms. The molecule has 94 valence electrons. The highest BCUT2D eigenvalue weighted by Gasteiger charge is 2.24. The van der Waals surface area contributed by atoms with Crippen LogP contribution in [0.1, 0.15) is 6.42 Å². The number of morpholine rings is 1. The second-order valence-electron chi connectivity index (χ2n) is 4.28. The van der Waals surface area contributed by atoms with Crippen molar-refractivity contribution in [3.05, 3.63) is 0 Å². The number of carbonyl (C=O) groups excluding carboxylic acids is 1. The Morgan fingerprint density at radius 3 is 2.56 bits per heavy atom. The average molecular weight is 250 g/mol. The molecule has 1 atom stereocenters. The zero-order chi connectivity index (χ0) is 10.7. The molecule has 2 saturated heterocycles. The van der Waals surface area contributed by atoms with Gasteiger partial charge in [0.15, 0.2) is 0 Å². The number of nitrogens with zero attached hydrogens (tertiary/aromatic N) is 2. The largest absolute Gasteiger partial charge is 0.378 e. The second kappa shape index (κ2) is 6.39. The maximum atomic E-state index is 11.8. The molecule has 1 amide bonds. The molecule has 0 radical (unpaired) electrons.